The first kappa shape index (κ1) is 13.5. The fourth-order valence-corrected chi connectivity index (χ4v) is 1.68. The number of hydrogen-bond acceptors (Lipinski definition) is 2. The quantitative estimate of drug-likeness (QED) is 0.777. The van der Waals surface area contributed by atoms with Gasteiger partial charge in [-0.2, -0.15) is 13.2 Å². The maximum atomic E-state index is 12.4. The van der Waals surface area contributed by atoms with Gasteiger partial charge < -0.3 is 10.4 Å². The second-order valence-corrected chi connectivity index (χ2v) is 4.30. The summed E-state index contributed by atoms with van der Waals surface area (Å²) in [4.78, 5) is 0. The molecule has 2 N–H and O–H groups in total. The highest BCUT2D eigenvalue weighted by atomic mass is 35.5. The predicted octanol–water partition coefficient (Wildman–Crippen LogP) is 4.81. The molecule has 6 heteroatoms. The lowest BCUT2D eigenvalue weighted by Crippen LogP contribution is -2.04. The number of alkyl halides is 3. The van der Waals surface area contributed by atoms with Crippen molar-refractivity contribution in [1.82, 2.24) is 0 Å². The summed E-state index contributed by atoms with van der Waals surface area (Å²) in [6.45, 7) is 0. The monoisotopic (exact) mass is 287 g/mol. The van der Waals surface area contributed by atoms with Crippen LogP contribution in [-0.4, -0.2) is 5.11 Å². The van der Waals surface area contributed by atoms with E-state index in [1.165, 1.54) is 30.3 Å². The Bertz CT molecular complexity index is 581. The topological polar surface area (TPSA) is 32.3 Å². The molecule has 19 heavy (non-hydrogen) atoms. The van der Waals surface area contributed by atoms with E-state index in [-0.39, 0.29) is 5.75 Å². The molecule has 0 atom stereocenters. The highest BCUT2D eigenvalue weighted by molar-refractivity contribution is 6.30. The molecule has 0 bridgehead atoms. The number of benzene rings is 2. The van der Waals surface area contributed by atoms with Gasteiger partial charge in [-0.25, -0.2) is 0 Å². The van der Waals surface area contributed by atoms with Crippen molar-refractivity contribution in [3.63, 3.8) is 0 Å². The molecule has 0 aliphatic heterocycles. The number of rotatable bonds is 2. The van der Waals surface area contributed by atoms with Crippen LogP contribution in [0.25, 0.3) is 0 Å². The lowest BCUT2D eigenvalue weighted by Gasteiger charge is -2.11. The maximum Gasteiger partial charge on any atom is 0.416 e. The average Bonchev–Trinajstić information content (AvgIpc) is 2.33. The summed E-state index contributed by atoms with van der Waals surface area (Å²) in [5.74, 6) is -0.0377. The zero-order valence-electron chi connectivity index (χ0n) is 9.50. The van der Waals surface area contributed by atoms with E-state index in [1.54, 1.807) is 0 Å². The Morgan fingerprint density at radius 3 is 2.21 bits per heavy atom. The van der Waals surface area contributed by atoms with Crippen LogP contribution in [0.2, 0.25) is 5.02 Å². The lowest BCUT2D eigenvalue weighted by atomic mass is 10.2. The van der Waals surface area contributed by atoms with Crippen molar-refractivity contribution in [1.29, 1.82) is 0 Å². The first-order valence-corrected chi connectivity index (χ1v) is 5.67. The van der Waals surface area contributed by atoms with E-state index in [4.69, 9.17) is 11.6 Å². The molecule has 0 radical (unpaired) electrons. The molecule has 0 heterocycles. The van der Waals surface area contributed by atoms with Gasteiger partial charge in [-0.1, -0.05) is 11.6 Å². The molecule has 0 fully saturated rings. The molecular formula is C13H9ClF3NO. The molecule has 0 aliphatic carbocycles. The molecule has 2 aromatic carbocycles. The van der Waals surface area contributed by atoms with Crippen LogP contribution in [0.4, 0.5) is 24.5 Å². The number of anilines is 2. The van der Waals surface area contributed by atoms with Gasteiger partial charge in [0, 0.05) is 10.7 Å². The van der Waals surface area contributed by atoms with Gasteiger partial charge in [-0.05, 0) is 42.5 Å². The van der Waals surface area contributed by atoms with Gasteiger partial charge in [0.15, 0.2) is 0 Å². The zero-order chi connectivity index (χ0) is 14.0. The van der Waals surface area contributed by atoms with Crippen molar-refractivity contribution in [3.05, 3.63) is 53.1 Å². The number of hydrogen-bond donors (Lipinski definition) is 2. The van der Waals surface area contributed by atoms with Gasteiger partial charge in [0.2, 0.25) is 0 Å². The van der Waals surface area contributed by atoms with E-state index >= 15 is 0 Å². The van der Waals surface area contributed by atoms with Crippen LogP contribution in [-0.2, 0) is 6.18 Å². The van der Waals surface area contributed by atoms with Gasteiger partial charge in [-0.3, -0.25) is 0 Å². The van der Waals surface area contributed by atoms with Crippen LogP contribution in [0.5, 0.6) is 5.75 Å². The SMILES string of the molecule is Oc1ccc(Cl)cc1Nc1ccc(C(F)(F)F)cc1. The van der Waals surface area contributed by atoms with Gasteiger partial charge in [0.1, 0.15) is 5.75 Å². The average molecular weight is 288 g/mol. The van der Waals surface area contributed by atoms with Crippen LogP contribution < -0.4 is 5.32 Å². The van der Waals surface area contributed by atoms with Crippen LogP contribution in [0.3, 0.4) is 0 Å². The van der Waals surface area contributed by atoms with Gasteiger partial charge in [0.25, 0.3) is 0 Å². The van der Waals surface area contributed by atoms with E-state index in [1.807, 2.05) is 0 Å². The molecule has 0 unspecified atom stereocenters. The summed E-state index contributed by atoms with van der Waals surface area (Å²) < 4.78 is 37.2. The Kier molecular flexibility index (Phi) is 3.57. The molecule has 0 amide bonds. The molecular weight excluding hydrogens is 279 g/mol. The van der Waals surface area contributed by atoms with Crippen molar-refractivity contribution >= 4 is 23.0 Å². The largest absolute Gasteiger partial charge is 0.506 e. The van der Waals surface area contributed by atoms with Crippen molar-refractivity contribution in [2.24, 2.45) is 0 Å². The molecule has 0 spiro atoms. The van der Waals surface area contributed by atoms with E-state index in [2.05, 4.69) is 5.32 Å². The minimum absolute atomic E-state index is 0.0377. The lowest BCUT2D eigenvalue weighted by molar-refractivity contribution is -0.137. The van der Waals surface area contributed by atoms with Gasteiger partial charge >= 0.3 is 6.18 Å². The molecule has 0 aliphatic rings. The number of halogens is 4. The summed E-state index contributed by atoms with van der Waals surface area (Å²) in [6, 6.07) is 8.87. The van der Waals surface area contributed by atoms with Crippen LogP contribution >= 0.6 is 11.6 Å². The fourth-order valence-electron chi connectivity index (χ4n) is 1.51. The standard InChI is InChI=1S/C13H9ClF3NO/c14-9-3-6-12(19)11(7-9)18-10-4-1-8(2-5-10)13(15,16)17/h1-7,18-19H. The smallest absolute Gasteiger partial charge is 0.416 e. The van der Waals surface area contributed by atoms with E-state index < -0.39 is 11.7 Å². The normalized spacial score (nSPS) is 11.4. The Balaban J connectivity index is 2.22. The van der Waals surface area contributed by atoms with Gasteiger partial charge in [-0.15, -0.1) is 0 Å². The Morgan fingerprint density at radius 2 is 1.63 bits per heavy atom. The third kappa shape index (κ3) is 3.32. The maximum absolute atomic E-state index is 12.4. The van der Waals surface area contributed by atoms with Crippen molar-refractivity contribution in [2.75, 3.05) is 5.32 Å². The van der Waals surface area contributed by atoms with E-state index in [0.29, 0.717) is 16.4 Å². The van der Waals surface area contributed by atoms with Crippen molar-refractivity contribution < 1.29 is 18.3 Å². The number of aromatic hydroxyl groups is 1. The van der Waals surface area contributed by atoms with Crippen LogP contribution in [0.15, 0.2) is 42.5 Å². The van der Waals surface area contributed by atoms with E-state index in [0.717, 1.165) is 12.1 Å². The molecule has 100 valence electrons. The first-order valence-electron chi connectivity index (χ1n) is 5.29. The minimum atomic E-state index is -4.36. The minimum Gasteiger partial charge on any atom is -0.506 e. The summed E-state index contributed by atoms with van der Waals surface area (Å²) in [5.41, 5.74) is 0.0196. The third-order valence-electron chi connectivity index (χ3n) is 2.45. The summed E-state index contributed by atoms with van der Waals surface area (Å²) >= 11 is 5.77. The zero-order valence-corrected chi connectivity index (χ0v) is 10.3. The van der Waals surface area contributed by atoms with Crippen molar-refractivity contribution in [3.8, 4) is 5.75 Å². The predicted molar refractivity (Wildman–Crippen MR) is 67.8 cm³/mol. The third-order valence-corrected chi connectivity index (χ3v) is 2.68. The molecule has 2 aromatic rings. The molecule has 2 nitrogen and oxygen atoms in total. The van der Waals surface area contributed by atoms with Gasteiger partial charge in [0.05, 0.1) is 11.3 Å². The number of phenols is 1. The molecule has 0 saturated heterocycles. The van der Waals surface area contributed by atoms with Crippen molar-refractivity contribution in [2.45, 2.75) is 6.18 Å². The Hall–Kier alpha value is -1.88. The first-order chi connectivity index (χ1) is 8.86. The van der Waals surface area contributed by atoms with Crippen LogP contribution in [0.1, 0.15) is 5.56 Å². The van der Waals surface area contributed by atoms with E-state index in [9.17, 15) is 18.3 Å². The number of nitrogens with one attached hydrogen (secondary N) is 1. The second-order valence-electron chi connectivity index (χ2n) is 3.86. The molecule has 2 rings (SSSR count). The molecule has 0 aromatic heterocycles. The second kappa shape index (κ2) is 5.01. The fraction of sp³-hybridized carbons (Fsp3) is 0.0769. The Morgan fingerprint density at radius 1 is 1.00 bits per heavy atom. The highest BCUT2D eigenvalue weighted by Gasteiger charge is 2.29. The summed E-state index contributed by atoms with van der Waals surface area (Å²) in [5, 5.41) is 12.8. The van der Waals surface area contributed by atoms with Crippen LogP contribution in [0, 0.1) is 0 Å². The number of phenolic OH excluding ortho intramolecular Hbond substituents is 1. The highest BCUT2D eigenvalue weighted by Crippen LogP contribution is 2.32. The summed E-state index contributed by atoms with van der Waals surface area (Å²) in [6.07, 6.45) is -4.36. The Labute approximate surface area is 112 Å². The molecule has 0 saturated carbocycles. The summed E-state index contributed by atoms with van der Waals surface area (Å²) in [7, 11) is 0.